The lowest BCUT2D eigenvalue weighted by Crippen LogP contribution is -2.25. The highest BCUT2D eigenvalue weighted by Gasteiger charge is 2.14. The summed E-state index contributed by atoms with van der Waals surface area (Å²) in [6.45, 7) is 1.85. The Morgan fingerprint density at radius 1 is 1.40 bits per heavy atom. The summed E-state index contributed by atoms with van der Waals surface area (Å²) in [7, 11) is 0. The summed E-state index contributed by atoms with van der Waals surface area (Å²) >= 11 is 0. The van der Waals surface area contributed by atoms with Gasteiger partial charge in [-0.2, -0.15) is 5.26 Å². The molecule has 0 atom stereocenters. The molecule has 1 saturated heterocycles. The van der Waals surface area contributed by atoms with E-state index in [4.69, 9.17) is 14.7 Å². The number of rotatable bonds is 5. The fraction of sp³-hybridized carbons (Fsp3) is 0.467. The van der Waals surface area contributed by atoms with Crippen molar-refractivity contribution in [3.05, 3.63) is 29.8 Å². The van der Waals surface area contributed by atoms with Crippen LogP contribution in [-0.2, 0) is 14.3 Å². The number of carbonyl (C=O) groups is 1. The average Bonchev–Trinajstić information content (AvgIpc) is 2.49. The molecule has 1 amide bonds. The third-order valence-corrected chi connectivity index (χ3v) is 3.17. The standard InChI is InChI=1S/C15H18N2O3/c16-11-12-3-1-2-4-14(12)17-15(18)7-10-20-13-5-8-19-9-6-13/h1-4,13H,5-10H2,(H,17,18). The predicted molar refractivity (Wildman–Crippen MR) is 74.2 cm³/mol. The molecule has 1 N–H and O–H groups in total. The van der Waals surface area contributed by atoms with Gasteiger partial charge in [-0.15, -0.1) is 0 Å². The lowest BCUT2D eigenvalue weighted by molar-refractivity contribution is -0.118. The lowest BCUT2D eigenvalue weighted by atomic mass is 10.1. The number of nitrogens with one attached hydrogen (secondary N) is 1. The van der Waals surface area contributed by atoms with Crippen molar-refractivity contribution in [2.24, 2.45) is 0 Å². The fourth-order valence-corrected chi connectivity index (χ4v) is 2.06. The Labute approximate surface area is 118 Å². The molecule has 0 unspecified atom stereocenters. The van der Waals surface area contributed by atoms with Crippen LogP contribution in [0.15, 0.2) is 24.3 Å². The van der Waals surface area contributed by atoms with Crippen LogP contribution in [0.2, 0.25) is 0 Å². The molecule has 106 valence electrons. The molecule has 1 aliphatic heterocycles. The van der Waals surface area contributed by atoms with E-state index in [9.17, 15) is 4.79 Å². The number of nitriles is 1. The highest BCUT2D eigenvalue weighted by Crippen LogP contribution is 2.14. The van der Waals surface area contributed by atoms with Crippen LogP contribution in [0.4, 0.5) is 5.69 Å². The zero-order chi connectivity index (χ0) is 14.2. The van der Waals surface area contributed by atoms with Crippen molar-refractivity contribution in [2.45, 2.75) is 25.4 Å². The zero-order valence-corrected chi connectivity index (χ0v) is 11.3. The number of anilines is 1. The van der Waals surface area contributed by atoms with E-state index in [0.29, 0.717) is 17.9 Å². The summed E-state index contributed by atoms with van der Waals surface area (Å²) < 4.78 is 10.9. The lowest BCUT2D eigenvalue weighted by Gasteiger charge is -2.22. The zero-order valence-electron chi connectivity index (χ0n) is 11.3. The van der Waals surface area contributed by atoms with Crippen molar-refractivity contribution in [2.75, 3.05) is 25.1 Å². The Balaban J connectivity index is 1.73. The molecule has 5 heteroatoms. The van der Waals surface area contributed by atoms with Crippen molar-refractivity contribution in [3.63, 3.8) is 0 Å². The Morgan fingerprint density at radius 3 is 2.90 bits per heavy atom. The van der Waals surface area contributed by atoms with Gasteiger partial charge in [0.2, 0.25) is 5.91 Å². The first-order valence-corrected chi connectivity index (χ1v) is 6.78. The molecular formula is C15H18N2O3. The van der Waals surface area contributed by atoms with Gasteiger partial charge in [-0.05, 0) is 25.0 Å². The van der Waals surface area contributed by atoms with Crippen LogP contribution in [0, 0.1) is 11.3 Å². The van der Waals surface area contributed by atoms with Crippen LogP contribution < -0.4 is 5.32 Å². The van der Waals surface area contributed by atoms with Crippen LogP contribution in [0.5, 0.6) is 0 Å². The maximum absolute atomic E-state index is 11.8. The van der Waals surface area contributed by atoms with Crippen LogP contribution in [-0.4, -0.2) is 31.8 Å². The third kappa shape index (κ3) is 4.34. The van der Waals surface area contributed by atoms with E-state index >= 15 is 0 Å². The summed E-state index contributed by atoms with van der Waals surface area (Å²) in [5.74, 6) is -0.139. The maximum atomic E-state index is 11.8. The topological polar surface area (TPSA) is 71.4 Å². The van der Waals surface area contributed by atoms with Gasteiger partial charge in [0, 0.05) is 13.2 Å². The van der Waals surface area contributed by atoms with Gasteiger partial charge >= 0.3 is 0 Å². The quantitative estimate of drug-likeness (QED) is 0.892. The van der Waals surface area contributed by atoms with Crippen LogP contribution in [0.25, 0.3) is 0 Å². The molecule has 0 spiro atoms. The second-order valence-electron chi connectivity index (χ2n) is 4.64. The van der Waals surface area contributed by atoms with Crippen molar-refractivity contribution in [1.29, 1.82) is 5.26 Å². The summed E-state index contributed by atoms with van der Waals surface area (Å²) in [5, 5.41) is 11.7. The first-order valence-electron chi connectivity index (χ1n) is 6.78. The predicted octanol–water partition coefficient (Wildman–Crippen LogP) is 2.08. The molecule has 5 nitrogen and oxygen atoms in total. The normalized spacial score (nSPS) is 15.6. The summed E-state index contributed by atoms with van der Waals surface area (Å²) in [6.07, 6.45) is 2.26. The van der Waals surface area contributed by atoms with Gasteiger partial charge in [-0.3, -0.25) is 4.79 Å². The van der Waals surface area contributed by atoms with E-state index in [-0.39, 0.29) is 18.4 Å². The van der Waals surface area contributed by atoms with E-state index < -0.39 is 0 Å². The van der Waals surface area contributed by atoms with Gasteiger partial charge in [0.05, 0.1) is 30.4 Å². The largest absolute Gasteiger partial charge is 0.381 e. The smallest absolute Gasteiger partial charge is 0.226 e. The average molecular weight is 274 g/mol. The first kappa shape index (κ1) is 14.5. The molecule has 1 fully saturated rings. The van der Waals surface area contributed by atoms with Crippen molar-refractivity contribution < 1.29 is 14.3 Å². The third-order valence-electron chi connectivity index (χ3n) is 3.17. The van der Waals surface area contributed by atoms with Gasteiger partial charge in [-0.25, -0.2) is 0 Å². The van der Waals surface area contributed by atoms with Crippen LogP contribution in [0.3, 0.4) is 0 Å². The van der Waals surface area contributed by atoms with Crippen LogP contribution in [0.1, 0.15) is 24.8 Å². The van der Waals surface area contributed by atoms with E-state index in [1.165, 1.54) is 0 Å². The molecule has 0 saturated carbocycles. The van der Waals surface area contributed by atoms with Crippen molar-refractivity contribution in [3.8, 4) is 6.07 Å². The Hall–Kier alpha value is -1.90. The molecule has 0 aliphatic carbocycles. The second kappa shape index (κ2) is 7.63. The monoisotopic (exact) mass is 274 g/mol. The molecule has 1 aromatic carbocycles. The van der Waals surface area contributed by atoms with E-state index in [1.54, 1.807) is 24.3 Å². The number of nitrogens with zero attached hydrogens (tertiary/aromatic N) is 1. The molecule has 0 aromatic heterocycles. The Kier molecular flexibility index (Phi) is 5.54. The molecule has 1 aliphatic rings. The second-order valence-corrected chi connectivity index (χ2v) is 4.64. The Morgan fingerprint density at radius 2 is 2.15 bits per heavy atom. The van der Waals surface area contributed by atoms with Gasteiger partial charge in [0.25, 0.3) is 0 Å². The number of hydrogen-bond donors (Lipinski definition) is 1. The SMILES string of the molecule is N#Cc1ccccc1NC(=O)CCOC1CCOCC1. The molecular weight excluding hydrogens is 256 g/mol. The van der Waals surface area contributed by atoms with Gasteiger partial charge in [-0.1, -0.05) is 12.1 Å². The molecule has 2 rings (SSSR count). The minimum absolute atomic E-state index is 0.139. The van der Waals surface area contributed by atoms with Crippen molar-refractivity contribution in [1.82, 2.24) is 0 Å². The minimum Gasteiger partial charge on any atom is -0.381 e. The highest BCUT2D eigenvalue weighted by atomic mass is 16.5. The van der Waals surface area contributed by atoms with Crippen LogP contribution >= 0.6 is 0 Å². The number of para-hydroxylation sites is 1. The van der Waals surface area contributed by atoms with Crippen molar-refractivity contribution >= 4 is 11.6 Å². The molecule has 20 heavy (non-hydrogen) atoms. The number of benzene rings is 1. The van der Waals surface area contributed by atoms with Gasteiger partial charge in [0.1, 0.15) is 6.07 Å². The minimum atomic E-state index is -0.139. The summed E-state index contributed by atoms with van der Waals surface area (Å²) in [4.78, 5) is 11.8. The number of carbonyl (C=O) groups excluding carboxylic acids is 1. The Bertz CT molecular complexity index is 490. The fourth-order valence-electron chi connectivity index (χ4n) is 2.06. The number of ether oxygens (including phenoxy) is 2. The molecule has 1 heterocycles. The molecule has 0 radical (unpaired) electrons. The molecule has 1 aromatic rings. The van der Waals surface area contributed by atoms with E-state index in [2.05, 4.69) is 5.32 Å². The maximum Gasteiger partial charge on any atom is 0.226 e. The summed E-state index contributed by atoms with van der Waals surface area (Å²) in [6, 6.07) is 8.99. The number of amides is 1. The summed E-state index contributed by atoms with van der Waals surface area (Å²) in [5.41, 5.74) is 1.01. The van der Waals surface area contributed by atoms with Gasteiger partial charge in [0.15, 0.2) is 0 Å². The van der Waals surface area contributed by atoms with E-state index in [0.717, 1.165) is 26.1 Å². The highest BCUT2D eigenvalue weighted by molar-refractivity contribution is 5.92. The first-order chi connectivity index (χ1) is 9.79. The van der Waals surface area contributed by atoms with Gasteiger partial charge < -0.3 is 14.8 Å². The van der Waals surface area contributed by atoms with E-state index in [1.807, 2.05) is 6.07 Å². The number of hydrogen-bond acceptors (Lipinski definition) is 4. The molecule has 0 bridgehead atoms.